The van der Waals surface area contributed by atoms with Gasteiger partial charge in [0.1, 0.15) is 0 Å². The molecule has 0 fully saturated rings. The molecule has 0 radical (unpaired) electrons. The number of rotatable bonds is 3. The Morgan fingerprint density at radius 1 is 0.537 bits per heavy atom. The topological polar surface area (TPSA) is 0 Å². The Morgan fingerprint density at radius 2 is 1.22 bits per heavy atom. The van der Waals surface area contributed by atoms with E-state index in [1.165, 1.54) is 107 Å². The molecule has 1 unspecified atom stereocenters. The molecule has 2 aromatic heterocycles. The van der Waals surface area contributed by atoms with Gasteiger partial charge in [-0.3, -0.25) is 0 Å². The molecule has 0 saturated carbocycles. The first-order valence-electron chi connectivity index (χ1n) is 19.4. The number of benzene rings is 7. The summed E-state index contributed by atoms with van der Waals surface area (Å²) in [5.41, 5.74) is 10.9. The maximum Gasteiger partial charge on any atom is 0.0454 e. The minimum atomic E-state index is 0.308. The highest BCUT2D eigenvalue weighted by molar-refractivity contribution is 7.23. The van der Waals surface area contributed by atoms with Crippen molar-refractivity contribution in [2.45, 2.75) is 38.0 Å². The lowest BCUT2D eigenvalue weighted by molar-refractivity contribution is 0.926. The lowest BCUT2D eigenvalue weighted by Crippen LogP contribution is -2.23. The zero-order valence-electron chi connectivity index (χ0n) is 29.9. The SMILES string of the molecule is C1=Cc2ccc(-c3c4ccccc4c(-c4cccc(C5C=c6c(sc7c8c9c(sc8c8ccccc8c67)CCC=C9)=CC5)c4)c4ccccc34)cc2CC1. The van der Waals surface area contributed by atoms with Gasteiger partial charge in [0.25, 0.3) is 0 Å². The van der Waals surface area contributed by atoms with Gasteiger partial charge in [0.05, 0.1) is 0 Å². The number of hydrogen-bond donors (Lipinski definition) is 0. The maximum atomic E-state index is 2.60. The molecule has 3 aliphatic rings. The number of allylic oxidation sites excluding steroid dienone is 2. The van der Waals surface area contributed by atoms with E-state index in [4.69, 9.17) is 0 Å². The molecule has 12 rings (SSSR count). The molecule has 3 aliphatic carbocycles. The molecule has 0 saturated heterocycles. The number of aryl methyl sites for hydroxylation is 2. The van der Waals surface area contributed by atoms with E-state index in [1.54, 1.807) is 4.88 Å². The second-order valence-electron chi connectivity index (χ2n) is 15.2. The molecular weight excluding hydrogens is 689 g/mol. The first-order valence-corrected chi connectivity index (χ1v) is 21.0. The van der Waals surface area contributed by atoms with Crippen molar-refractivity contribution < 1.29 is 0 Å². The van der Waals surface area contributed by atoms with Crippen LogP contribution in [0.1, 0.15) is 52.3 Å². The van der Waals surface area contributed by atoms with Crippen molar-refractivity contribution in [2.24, 2.45) is 0 Å². The first-order chi connectivity index (χ1) is 26.8. The Kier molecular flexibility index (Phi) is 6.85. The minimum absolute atomic E-state index is 0.308. The van der Waals surface area contributed by atoms with E-state index in [1.807, 2.05) is 22.7 Å². The quantitative estimate of drug-likeness (QED) is 0.159. The fourth-order valence-electron chi connectivity index (χ4n) is 9.80. The van der Waals surface area contributed by atoms with Crippen molar-refractivity contribution in [3.8, 4) is 22.3 Å². The van der Waals surface area contributed by atoms with Crippen LogP contribution in [-0.4, -0.2) is 0 Å². The van der Waals surface area contributed by atoms with Gasteiger partial charge in [0.15, 0.2) is 0 Å². The minimum Gasteiger partial charge on any atom is -0.139 e. The molecule has 2 heteroatoms. The van der Waals surface area contributed by atoms with E-state index in [0.29, 0.717) is 5.92 Å². The molecule has 7 aromatic carbocycles. The standard InChI is InChI=1S/C52H36S2/c1-2-13-32-28-36(25-24-31(32)12-1)48-39-18-5-3-16-37(39)47(38-17-4-6-19-40(38)48)35-15-11-14-33(29-35)34-26-27-46-44(30-34)49-41-20-7-8-21-42(41)51-50(52(49)54-46)43-22-9-10-23-45(43)53-51/h1,3-9,11-12,14-22,24-25,27-30,34H,2,10,13,23,26H2. The van der Waals surface area contributed by atoms with E-state index < -0.39 is 0 Å². The van der Waals surface area contributed by atoms with Gasteiger partial charge in [-0.25, -0.2) is 0 Å². The Hall–Kier alpha value is -5.54. The summed E-state index contributed by atoms with van der Waals surface area (Å²) < 4.78 is 4.36. The Labute approximate surface area is 322 Å². The molecule has 2 heterocycles. The second-order valence-corrected chi connectivity index (χ2v) is 17.4. The van der Waals surface area contributed by atoms with Crippen LogP contribution in [0, 0.1) is 0 Å². The zero-order chi connectivity index (χ0) is 35.3. The molecule has 0 aliphatic heterocycles. The summed E-state index contributed by atoms with van der Waals surface area (Å²) in [5, 5.41) is 12.4. The predicted molar refractivity (Wildman–Crippen MR) is 237 cm³/mol. The summed E-state index contributed by atoms with van der Waals surface area (Å²) in [6.45, 7) is 0. The third-order valence-corrected chi connectivity index (χ3v) is 14.8. The van der Waals surface area contributed by atoms with Crippen LogP contribution in [0.3, 0.4) is 0 Å². The van der Waals surface area contributed by atoms with Crippen LogP contribution in [-0.2, 0) is 12.8 Å². The summed E-state index contributed by atoms with van der Waals surface area (Å²) in [6.07, 6.45) is 20.0. The first kappa shape index (κ1) is 30.9. The van der Waals surface area contributed by atoms with Crippen LogP contribution >= 0.6 is 22.7 Å². The zero-order valence-corrected chi connectivity index (χ0v) is 31.5. The fraction of sp³-hybridized carbons (Fsp3) is 0.115. The highest BCUT2D eigenvalue weighted by Gasteiger charge is 2.23. The highest BCUT2D eigenvalue weighted by Crippen LogP contribution is 2.47. The van der Waals surface area contributed by atoms with Crippen LogP contribution in [0.25, 0.3) is 99.0 Å². The molecule has 54 heavy (non-hydrogen) atoms. The molecule has 0 bridgehead atoms. The molecule has 256 valence electrons. The molecule has 1 atom stereocenters. The monoisotopic (exact) mass is 724 g/mol. The third-order valence-electron chi connectivity index (χ3n) is 12.3. The molecule has 9 aromatic rings. The average Bonchev–Trinajstić information content (AvgIpc) is 3.82. The van der Waals surface area contributed by atoms with E-state index in [-0.39, 0.29) is 0 Å². The second kappa shape index (κ2) is 12.0. The van der Waals surface area contributed by atoms with Crippen molar-refractivity contribution >= 4 is 99.5 Å². The fourth-order valence-corrected chi connectivity index (χ4v) is 12.5. The molecule has 0 spiro atoms. The lowest BCUT2D eigenvalue weighted by atomic mass is 9.83. The van der Waals surface area contributed by atoms with Gasteiger partial charge < -0.3 is 0 Å². The van der Waals surface area contributed by atoms with Crippen LogP contribution in [0.5, 0.6) is 0 Å². The van der Waals surface area contributed by atoms with Crippen LogP contribution in [0.15, 0.2) is 127 Å². The van der Waals surface area contributed by atoms with Crippen molar-refractivity contribution in [3.05, 3.63) is 164 Å². The maximum absolute atomic E-state index is 2.60. The Bertz CT molecular complexity index is 3200. The van der Waals surface area contributed by atoms with E-state index in [9.17, 15) is 0 Å². The Morgan fingerprint density at radius 3 is 2.00 bits per heavy atom. The highest BCUT2D eigenvalue weighted by atomic mass is 32.1. The third kappa shape index (κ3) is 4.54. The van der Waals surface area contributed by atoms with Crippen molar-refractivity contribution in [1.82, 2.24) is 0 Å². The largest absolute Gasteiger partial charge is 0.139 e. The van der Waals surface area contributed by atoms with Gasteiger partial charge in [-0.1, -0.05) is 152 Å². The van der Waals surface area contributed by atoms with Crippen molar-refractivity contribution in [3.63, 3.8) is 0 Å². The van der Waals surface area contributed by atoms with E-state index in [2.05, 4.69) is 152 Å². The number of fused-ring (bicyclic) bond motifs is 13. The van der Waals surface area contributed by atoms with Crippen LogP contribution in [0.4, 0.5) is 0 Å². The van der Waals surface area contributed by atoms with Gasteiger partial charge in [-0.2, -0.15) is 0 Å². The van der Waals surface area contributed by atoms with E-state index in [0.717, 1.165) is 32.1 Å². The summed E-state index contributed by atoms with van der Waals surface area (Å²) in [6, 6.07) is 43.9. The van der Waals surface area contributed by atoms with Gasteiger partial charge >= 0.3 is 0 Å². The predicted octanol–water partition coefficient (Wildman–Crippen LogP) is 13.6. The molecule has 0 amide bonds. The van der Waals surface area contributed by atoms with Gasteiger partial charge in [-0.05, 0) is 109 Å². The summed E-state index contributed by atoms with van der Waals surface area (Å²) in [5.74, 6) is 0.308. The number of thiophene rings is 2. The van der Waals surface area contributed by atoms with Gasteiger partial charge in [-0.15, -0.1) is 22.7 Å². The van der Waals surface area contributed by atoms with Crippen molar-refractivity contribution in [1.29, 1.82) is 0 Å². The average molecular weight is 725 g/mol. The molecular formula is C52H36S2. The Balaban J connectivity index is 1.05. The van der Waals surface area contributed by atoms with Gasteiger partial charge in [0.2, 0.25) is 0 Å². The van der Waals surface area contributed by atoms with E-state index >= 15 is 0 Å². The van der Waals surface area contributed by atoms with Crippen LogP contribution < -0.4 is 9.75 Å². The summed E-state index contributed by atoms with van der Waals surface area (Å²) in [4.78, 5) is 1.55. The van der Waals surface area contributed by atoms with Crippen LogP contribution in [0.2, 0.25) is 0 Å². The number of hydrogen-bond acceptors (Lipinski definition) is 2. The summed E-state index contributed by atoms with van der Waals surface area (Å²) >= 11 is 4.04. The van der Waals surface area contributed by atoms with Crippen molar-refractivity contribution in [2.75, 3.05) is 0 Å². The smallest absolute Gasteiger partial charge is 0.0454 e. The molecule has 0 nitrogen and oxygen atoms in total. The van der Waals surface area contributed by atoms with Gasteiger partial charge in [0, 0.05) is 40.9 Å². The summed E-state index contributed by atoms with van der Waals surface area (Å²) in [7, 11) is 0. The normalized spacial score (nSPS) is 16.1. The molecule has 0 N–H and O–H groups in total. The lowest BCUT2D eigenvalue weighted by Gasteiger charge is -2.20.